The molecule has 138 valence electrons. The fraction of sp³-hybridized carbons (Fsp3) is 0.647. The van der Waals surface area contributed by atoms with Crippen LogP contribution in [0, 0.1) is 16.0 Å². The molecular formula is C17H25N3O4S. The van der Waals surface area contributed by atoms with Gasteiger partial charge in [-0.1, -0.05) is 31.9 Å². The van der Waals surface area contributed by atoms with Crippen LogP contribution in [0.1, 0.15) is 32.6 Å². The molecule has 1 saturated carbocycles. The molecule has 0 amide bonds. The van der Waals surface area contributed by atoms with Crippen LogP contribution in [0.2, 0.25) is 0 Å². The predicted molar refractivity (Wildman–Crippen MR) is 94.8 cm³/mol. The Kier molecular flexibility index (Phi) is 5.41. The van der Waals surface area contributed by atoms with Gasteiger partial charge in [0.25, 0.3) is 5.69 Å². The first-order chi connectivity index (χ1) is 11.9. The van der Waals surface area contributed by atoms with E-state index in [-0.39, 0.29) is 10.6 Å². The average Bonchev–Trinajstić information content (AvgIpc) is 2.62. The molecule has 0 unspecified atom stereocenters. The van der Waals surface area contributed by atoms with Crippen molar-refractivity contribution in [3.8, 4) is 0 Å². The average molecular weight is 367 g/mol. The van der Waals surface area contributed by atoms with E-state index in [4.69, 9.17) is 0 Å². The van der Waals surface area contributed by atoms with Gasteiger partial charge in [-0.25, -0.2) is 8.42 Å². The van der Waals surface area contributed by atoms with E-state index in [9.17, 15) is 18.5 Å². The summed E-state index contributed by atoms with van der Waals surface area (Å²) in [4.78, 5) is 12.7. The standard InChI is InChI=1S/C17H25N3O4S/c1-14-5-4-6-15(13-14)18-9-11-19(12-10-18)25(23,24)17-8-3-2-7-16(17)20(21)22/h2-3,7-8,14-15H,4-6,9-13H2,1H3/t14-,15-/m0/s1. The summed E-state index contributed by atoms with van der Waals surface area (Å²) in [6.07, 6.45) is 4.88. The molecule has 0 aromatic heterocycles. The first-order valence-electron chi connectivity index (χ1n) is 8.87. The van der Waals surface area contributed by atoms with Crippen molar-refractivity contribution in [2.75, 3.05) is 26.2 Å². The maximum absolute atomic E-state index is 12.9. The quantitative estimate of drug-likeness (QED) is 0.603. The van der Waals surface area contributed by atoms with E-state index in [1.165, 1.54) is 54.3 Å². The molecule has 25 heavy (non-hydrogen) atoms. The van der Waals surface area contributed by atoms with Crippen molar-refractivity contribution >= 4 is 15.7 Å². The molecule has 8 heteroatoms. The molecule has 1 aromatic carbocycles. The highest BCUT2D eigenvalue weighted by Crippen LogP contribution is 2.30. The van der Waals surface area contributed by atoms with E-state index in [2.05, 4.69) is 11.8 Å². The van der Waals surface area contributed by atoms with E-state index in [1.807, 2.05) is 0 Å². The van der Waals surface area contributed by atoms with Gasteiger partial charge in [-0.05, 0) is 24.8 Å². The van der Waals surface area contributed by atoms with Crippen molar-refractivity contribution in [3.63, 3.8) is 0 Å². The minimum Gasteiger partial charge on any atom is -0.298 e. The molecule has 2 atom stereocenters. The Morgan fingerprint density at radius 3 is 2.44 bits per heavy atom. The van der Waals surface area contributed by atoms with Gasteiger partial charge in [-0.15, -0.1) is 0 Å². The summed E-state index contributed by atoms with van der Waals surface area (Å²) in [5.41, 5.74) is -0.356. The molecule has 0 radical (unpaired) electrons. The summed E-state index contributed by atoms with van der Waals surface area (Å²) in [5.74, 6) is 0.729. The maximum Gasteiger partial charge on any atom is 0.289 e. The first kappa shape index (κ1) is 18.3. The molecule has 2 aliphatic rings. The number of nitrogens with zero attached hydrogens (tertiary/aromatic N) is 3. The van der Waals surface area contributed by atoms with Crippen LogP contribution in [-0.2, 0) is 10.0 Å². The van der Waals surface area contributed by atoms with Gasteiger partial charge >= 0.3 is 0 Å². The number of nitro benzene ring substituents is 1. The number of nitro groups is 1. The topological polar surface area (TPSA) is 83.8 Å². The largest absolute Gasteiger partial charge is 0.298 e. The van der Waals surface area contributed by atoms with Gasteiger partial charge in [-0.2, -0.15) is 4.31 Å². The third-order valence-electron chi connectivity index (χ3n) is 5.38. The minimum atomic E-state index is -3.84. The van der Waals surface area contributed by atoms with Gasteiger partial charge in [0.2, 0.25) is 10.0 Å². The third kappa shape index (κ3) is 3.86. The second-order valence-electron chi connectivity index (χ2n) is 7.09. The van der Waals surface area contributed by atoms with E-state index in [0.717, 1.165) is 5.92 Å². The summed E-state index contributed by atoms with van der Waals surface area (Å²) < 4.78 is 27.1. The lowest BCUT2D eigenvalue weighted by Crippen LogP contribution is -2.52. The number of para-hydroxylation sites is 1. The fourth-order valence-electron chi connectivity index (χ4n) is 4.01. The zero-order valence-corrected chi connectivity index (χ0v) is 15.3. The molecule has 2 fully saturated rings. The van der Waals surface area contributed by atoms with Crippen molar-refractivity contribution in [2.24, 2.45) is 5.92 Å². The summed E-state index contributed by atoms with van der Waals surface area (Å²) in [7, 11) is -3.84. The van der Waals surface area contributed by atoms with Gasteiger partial charge < -0.3 is 0 Å². The number of hydrogen-bond acceptors (Lipinski definition) is 5. The van der Waals surface area contributed by atoms with Crippen LogP contribution in [0.25, 0.3) is 0 Å². The molecule has 0 N–H and O–H groups in total. The molecule has 0 bridgehead atoms. The van der Waals surface area contributed by atoms with Crippen molar-refractivity contribution in [3.05, 3.63) is 34.4 Å². The smallest absolute Gasteiger partial charge is 0.289 e. The molecule has 1 heterocycles. The van der Waals surface area contributed by atoms with Gasteiger partial charge in [-0.3, -0.25) is 15.0 Å². The molecule has 1 saturated heterocycles. The Bertz CT molecular complexity index is 729. The molecule has 0 spiro atoms. The number of rotatable bonds is 4. The van der Waals surface area contributed by atoms with Crippen molar-refractivity contribution < 1.29 is 13.3 Å². The summed E-state index contributed by atoms with van der Waals surface area (Å²) in [6, 6.07) is 6.12. The van der Waals surface area contributed by atoms with Crippen LogP contribution >= 0.6 is 0 Å². The second kappa shape index (κ2) is 7.39. The second-order valence-corrected chi connectivity index (χ2v) is 9.00. The van der Waals surface area contributed by atoms with Gasteiger partial charge in [0, 0.05) is 38.3 Å². The van der Waals surface area contributed by atoms with Crippen LogP contribution in [0.5, 0.6) is 0 Å². The Hall–Kier alpha value is -1.51. The molecule has 3 rings (SSSR count). The SMILES string of the molecule is C[C@H]1CCC[C@H](N2CCN(S(=O)(=O)c3ccccc3[N+](=O)[O-])CC2)C1. The molecule has 1 aliphatic heterocycles. The third-order valence-corrected chi connectivity index (χ3v) is 7.32. The van der Waals surface area contributed by atoms with E-state index in [0.29, 0.717) is 32.2 Å². The van der Waals surface area contributed by atoms with E-state index >= 15 is 0 Å². The van der Waals surface area contributed by atoms with Crippen LogP contribution in [0.4, 0.5) is 5.69 Å². The maximum atomic E-state index is 12.9. The summed E-state index contributed by atoms with van der Waals surface area (Å²) in [5, 5.41) is 11.2. The zero-order valence-electron chi connectivity index (χ0n) is 14.5. The lowest BCUT2D eigenvalue weighted by atomic mass is 9.86. The Morgan fingerprint density at radius 2 is 1.80 bits per heavy atom. The Labute approximate surface area is 148 Å². The fourth-order valence-corrected chi connectivity index (χ4v) is 5.59. The summed E-state index contributed by atoms with van der Waals surface area (Å²) in [6.45, 7) is 4.44. The predicted octanol–water partition coefficient (Wildman–Crippen LogP) is 2.48. The summed E-state index contributed by atoms with van der Waals surface area (Å²) >= 11 is 0. The number of sulfonamides is 1. The number of benzene rings is 1. The van der Waals surface area contributed by atoms with E-state index < -0.39 is 14.9 Å². The first-order valence-corrected chi connectivity index (χ1v) is 10.3. The molecule has 1 aliphatic carbocycles. The van der Waals surface area contributed by atoms with Crippen LogP contribution in [0.15, 0.2) is 29.2 Å². The van der Waals surface area contributed by atoms with Crippen molar-refractivity contribution in [2.45, 2.75) is 43.5 Å². The normalized spacial score (nSPS) is 26.4. The molecular weight excluding hydrogens is 342 g/mol. The highest BCUT2D eigenvalue weighted by Gasteiger charge is 2.35. The highest BCUT2D eigenvalue weighted by molar-refractivity contribution is 7.89. The Balaban J connectivity index is 1.71. The van der Waals surface area contributed by atoms with Crippen LogP contribution in [-0.4, -0.2) is 54.8 Å². The number of piperazine rings is 1. The van der Waals surface area contributed by atoms with Crippen molar-refractivity contribution in [1.82, 2.24) is 9.21 Å². The minimum absolute atomic E-state index is 0.209. The van der Waals surface area contributed by atoms with Crippen LogP contribution < -0.4 is 0 Å². The van der Waals surface area contributed by atoms with Gasteiger partial charge in [0.1, 0.15) is 0 Å². The van der Waals surface area contributed by atoms with Gasteiger partial charge in [0.05, 0.1) is 4.92 Å². The van der Waals surface area contributed by atoms with Crippen molar-refractivity contribution in [1.29, 1.82) is 0 Å². The Morgan fingerprint density at radius 1 is 1.12 bits per heavy atom. The molecule has 1 aromatic rings. The lowest BCUT2D eigenvalue weighted by Gasteiger charge is -2.41. The van der Waals surface area contributed by atoms with Gasteiger partial charge in [0.15, 0.2) is 4.90 Å². The van der Waals surface area contributed by atoms with E-state index in [1.54, 1.807) is 0 Å². The lowest BCUT2D eigenvalue weighted by molar-refractivity contribution is -0.387. The zero-order chi connectivity index (χ0) is 18.0. The molecule has 7 nitrogen and oxygen atoms in total. The number of hydrogen-bond donors (Lipinski definition) is 0. The highest BCUT2D eigenvalue weighted by atomic mass is 32.2. The monoisotopic (exact) mass is 367 g/mol. The van der Waals surface area contributed by atoms with Crippen LogP contribution in [0.3, 0.4) is 0 Å².